The molecular formula is C18H28N2O3S. The van der Waals surface area contributed by atoms with Crippen molar-refractivity contribution >= 4 is 15.9 Å². The van der Waals surface area contributed by atoms with E-state index in [1.54, 1.807) is 12.1 Å². The van der Waals surface area contributed by atoms with Gasteiger partial charge < -0.3 is 10.2 Å². The lowest BCUT2D eigenvalue weighted by Crippen LogP contribution is -2.44. The lowest BCUT2D eigenvalue weighted by molar-refractivity contribution is 0.163. The van der Waals surface area contributed by atoms with E-state index in [2.05, 4.69) is 12.2 Å². The van der Waals surface area contributed by atoms with Crippen molar-refractivity contribution in [3.05, 3.63) is 35.4 Å². The number of rotatable bonds is 5. The number of urea groups is 1. The van der Waals surface area contributed by atoms with Crippen LogP contribution in [0.15, 0.2) is 24.3 Å². The highest BCUT2D eigenvalue weighted by Gasteiger charge is 2.24. The molecule has 1 aromatic carbocycles. The Morgan fingerprint density at radius 2 is 1.67 bits per heavy atom. The zero-order chi connectivity index (χ0) is 17.7. The normalized spacial score (nSPS) is 21.3. The molecule has 24 heavy (non-hydrogen) atoms. The van der Waals surface area contributed by atoms with Gasteiger partial charge in [0.05, 0.1) is 5.75 Å². The van der Waals surface area contributed by atoms with Crippen molar-refractivity contribution < 1.29 is 13.2 Å². The number of nitrogens with zero attached hydrogens (tertiary/aromatic N) is 1. The Balaban J connectivity index is 1.83. The molecule has 0 unspecified atom stereocenters. The van der Waals surface area contributed by atoms with Gasteiger partial charge in [-0.1, -0.05) is 31.2 Å². The Kier molecular flexibility index (Phi) is 6.27. The van der Waals surface area contributed by atoms with E-state index < -0.39 is 9.84 Å². The van der Waals surface area contributed by atoms with Gasteiger partial charge >= 0.3 is 6.03 Å². The predicted octanol–water partition coefficient (Wildman–Crippen LogP) is 2.95. The van der Waals surface area contributed by atoms with Crippen LogP contribution in [0.3, 0.4) is 0 Å². The third-order valence-electron chi connectivity index (χ3n) is 4.75. The molecule has 1 aromatic rings. The van der Waals surface area contributed by atoms with Crippen molar-refractivity contribution in [2.45, 2.75) is 50.9 Å². The second kappa shape index (κ2) is 8.01. The van der Waals surface area contributed by atoms with Crippen molar-refractivity contribution in [3.63, 3.8) is 0 Å². The molecule has 2 amide bonds. The lowest BCUT2D eigenvalue weighted by Gasteiger charge is -2.33. The van der Waals surface area contributed by atoms with Crippen LogP contribution in [0, 0.1) is 5.92 Å². The van der Waals surface area contributed by atoms with Crippen LogP contribution in [0.25, 0.3) is 0 Å². The predicted molar refractivity (Wildman–Crippen MR) is 96.4 cm³/mol. The Hall–Kier alpha value is -1.56. The Morgan fingerprint density at radius 3 is 2.21 bits per heavy atom. The van der Waals surface area contributed by atoms with E-state index in [9.17, 15) is 13.2 Å². The smallest absolute Gasteiger partial charge is 0.317 e. The third-order valence-corrected chi connectivity index (χ3v) is 5.61. The molecule has 0 radical (unpaired) electrons. The molecule has 1 saturated carbocycles. The van der Waals surface area contributed by atoms with Crippen LogP contribution in [-0.4, -0.2) is 38.7 Å². The van der Waals surface area contributed by atoms with Crippen LogP contribution >= 0.6 is 0 Å². The van der Waals surface area contributed by atoms with Crippen molar-refractivity contribution in [1.82, 2.24) is 10.2 Å². The summed E-state index contributed by atoms with van der Waals surface area (Å²) in [4.78, 5) is 14.1. The van der Waals surface area contributed by atoms with E-state index in [-0.39, 0.29) is 11.8 Å². The maximum atomic E-state index is 12.3. The molecule has 0 atom stereocenters. The molecule has 2 rings (SSSR count). The van der Waals surface area contributed by atoms with Crippen LogP contribution in [0.5, 0.6) is 0 Å². The van der Waals surface area contributed by atoms with Crippen LogP contribution in [0.4, 0.5) is 4.79 Å². The average Bonchev–Trinajstić information content (AvgIpc) is 2.52. The number of sulfone groups is 1. The van der Waals surface area contributed by atoms with Gasteiger partial charge in [0.25, 0.3) is 0 Å². The Morgan fingerprint density at radius 1 is 1.12 bits per heavy atom. The van der Waals surface area contributed by atoms with Crippen molar-refractivity contribution in [3.8, 4) is 0 Å². The fourth-order valence-corrected chi connectivity index (χ4v) is 3.95. The van der Waals surface area contributed by atoms with Crippen molar-refractivity contribution in [1.29, 1.82) is 0 Å². The Labute approximate surface area is 145 Å². The summed E-state index contributed by atoms with van der Waals surface area (Å²) in [6, 6.07) is 7.61. The summed E-state index contributed by atoms with van der Waals surface area (Å²) in [7, 11) is -1.15. The van der Waals surface area contributed by atoms with Gasteiger partial charge in [0.15, 0.2) is 9.84 Å². The molecule has 0 spiro atoms. The van der Waals surface area contributed by atoms with Crippen LogP contribution in [0.2, 0.25) is 0 Å². The summed E-state index contributed by atoms with van der Waals surface area (Å²) in [5.74, 6) is 0.811. The molecule has 0 bridgehead atoms. The van der Waals surface area contributed by atoms with Crippen molar-refractivity contribution in [2.75, 3.05) is 13.3 Å². The molecular weight excluding hydrogens is 324 g/mol. The van der Waals surface area contributed by atoms with Gasteiger partial charge in [0, 0.05) is 25.9 Å². The number of carbonyl (C=O) groups is 1. The minimum absolute atomic E-state index is 0.0441. The van der Waals surface area contributed by atoms with Gasteiger partial charge in [0.1, 0.15) is 0 Å². The van der Waals surface area contributed by atoms with Gasteiger partial charge in [-0.2, -0.15) is 0 Å². The number of nitrogens with one attached hydrogen (secondary N) is 1. The maximum absolute atomic E-state index is 12.3. The number of carbonyl (C=O) groups excluding carboxylic acids is 1. The highest BCUT2D eigenvalue weighted by Crippen LogP contribution is 2.26. The van der Waals surface area contributed by atoms with Crippen LogP contribution in [-0.2, 0) is 22.1 Å². The molecule has 1 fully saturated rings. The number of hydrogen-bond donors (Lipinski definition) is 1. The zero-order valence-corrected chi connectivity index (χ0v) is 15.6. The number of benzene rings is 1. The maximum Gasteiger partial charge on any atom is 0.317 e. The number of hydrogen-bond acceptors (Lipinski definition) is 3. The van der Waals surface area contributed by atoms with Gasteiger partial charge in [-0.25, -0.2) is 13.2 Å². The molecule has 0 heterocycles. The van der Waals surface area contributed by atoms with Crippen LogP contribution < -0.4 is 5.32 Å². The van der Waals surface area contributed by atoms with Gasteiger partial charge in [0.2, 0.25) is 0 Å². The first-order valence-corrected chi connectivity index (χ1v) is 10.6. The molecule has 0 saturated heterocycles. The Bertz CT molecular complexity index is 647. The summed E-state index contributed by atoms with van der Waals surface area (Å²) < 4.78 is 22.6. The summed E-state index contributed by atoms with van der Waals surface area (Å²) in [5, 5.41) is 2.94. The second-order valence-electron chi connectivity index (χ2n) is 7.07. The largest absolute Gasteiger partial charge is 0.334 e. The molecule has 0 aliphatic heterocycles. The molecule has 5 nitrogen and oxygen atoms in total. The van der Waals surface area contributed by atoms with Gasteiger partial charge in [-0.15, -0.1) is 0 Å². The monoisotopic (exact) mass is 352 g/mol. The fourth-order valence-electron chi connectivity index (χ4n) is 3.15. The first kappa shape index (κ1) is 18.8. The SMILES string of the molecule is CC1CCC(N(C)C(=O)NCc2ccc(CS(C)(=O)=O)cc2)CC1. The van der Waals surface area contributed by atoms with Crippen LogP contribution in [0.1, 0.15) is 43.7 Å². The van der Waals surface area contributed by atoms with Crippen molar-refractivity contribution in [2.24, 2.45) is 5.92 Å². The quantitative estimate of drug-likeness (QED) is 0.886. The average molecular weight is 353 g/mol. The van der Waals surface area contributed by atoms with E-state index in [1.807, 2.05) is 24.1 Å². The summed E-state index contributed by atoms with van der Waals surface area (Å²) in [6.45, 7) is 2.72. The molecule has 1 aliphatic carbocycles. The minimum Gasteiger partial charge on any atom is -0.334 e. The minimum atomic E-state index is -3.02. The van der Waals surface area contributed by atoms with E-state index in [1.165, 1.54) is 19.1 Å². The fraction of sp³-hybridized carbons (Fsp3) is 0.611. The molecule has 1 aliphatic rings. The van der Waals surface area contributed by atoms with Gasteiger partial charge in [-0.3, -0.25) is 0 Å². The molecule has 0 aromatic heterocycles. The summed E-state index contributed by atoms with van der Waals surface area (Å²) in [5.41, 5.74) is 1.73. The molecule has 134 valence electrons. The first-order chi connectivity index (χ1) is 11.2. The van der Waals surface area contributed by atoms with Gasteiger partial charge in [-0.05, 0) is 42.7 Å². The summed E-state index contributed by atoms with van der Waals surface area (Å²) >= 11 is 0. The van der Waals surface area contributed by atoms with E-state index in [4.69, 9.17) is 0 Å². The molecule has 6 heteroatoms. The lowest BCUT2D eigenvalue weighted by atomic mass is 9.87. The van der Waals surface area contributed by atoms with E-state index >= 15 is 0 Å². The highest BCUT2D eigenvalue weighted by atomic mass is 32.2. The first-order valence-electron chi connectivity index (χ1n) is 8.51. The van der Waals surface area contributed by atoms with E-state index in [0.717, 1.165) is 29.9 Å². The van der Waals surface area contributed by atoms with E-state index in [0.29, 0.717) is 12.6 Å². The second-order valence-corrected chi connectivity index (χ2v) is 9.21. The standard InChI is InChI=1S/C18H28N2O3S/c1-14-4-10-17(11-5-14)20(2)18(21)19-12-15-6-8-16(9-7-15)13-24(3,22)23/h6-9,14,17H,4-5,10-13H2,1-3H3,(H,19,21). The summed E-state index contributed by atoms with van der Waals surface area (Å²) in [6.07, 6.45) is 5.74. The number of amides is 2. The molecule has 1 N–H and O–H groups in total. The zero-order valence-electron chi connectivity index (χ0n) is 14.8. The topological polar surface area (TPSA) is 66.5 Å². The highest BCUT2D eigenvalue weighted by molar-refractivity contribution is 7.89. The third kappa shape index (κ3) is 5.82.